The molecular weight excluding hydrogens is 345 g/mol. The average molecular weight is 371 g/mol. The molecule has 0 aromatic heterocycles. The molecule has 1 saturated heterocycles. The highest BCUT2D eigenvalue weighted by atomic mass is 127. The maximum absolute atomic E-state index is 5.67. The molecule has 0 radical (unpaired) electrons. The van der Waals surface area contributed by atoms with E-state index in [1.165, 1.54) is 0 Å². The molecule has 2 N–H and O–H groups in total. The van der Waals surface area contributed by atoms with Crippen molar-refractivity contribution < 1.29 is 9.47 Å². The molecule has 0 amide bonds. The van der Waals surface area contributed by atoms with Crippen LogP contribution in [-0.2, 0) is 9.47 Å². The van der Waals surface area contributed by atoms with E-state index >= 15 is 0 Å². The quantitative estimate of drug-likeness (QED) is 0.319. The SMILES string of the molecule is CN=C(NC)NCCCOCC1CCOCC1.I. The molecule has 18 heavy (non-hydrogen) atoms. The van der Waals surface area contributed by atoms with E-state index in [1.807, 2.05) is 7.05 Å². The highest BCUT2D eigenvalue weighted by molar-refractivity contribution is 14.0. The molecule has 1 aliphatic rings. The summed E-state index contributed by atoms with van der Waals surface area (Å²) in [5, 5.41) is 6.17. The summed E-state index contributed by atoms with van der Waals surface area (Å²) in [5.74, 6) is 1.52. The van der Waals surface area contributed by atoms with Gasteiger partial charge in [-0.3, -0.25) is 4.99 Å². The van der Waals surface area contributed by atoms with E-state index in [9.17, 15) is 0 Å². The fourth-order valence-electron chi connectivity index (χ4n) is 1.82. The van der Waals surface area contributed by atoms with Crippen LogP contribution in [0.2, 0.25) is 0 Å². The fourth-order valence-corrected chi connectivity index (χ4v) is 1.82. The maximum Gasteiger partial charge on any atom is 0.190 e. The first-order valence-electron chi connectivity index (χ1n) is 6.40. The lowest BCUT2D eigenvalue weighted by molar-refractivity contribution is 0.0203. The van der Waals surface area contributed by atoms with Crippen molar-refractivity contribution in [2.24, 2.45) is 10.9 Å². The first-order valence-corrected chi connectivity index (χ1v) is 6.40. The van der Waals surface area contributed by atoms with Gasteiger partial charge in [-0.05, 0) is 25.2 Å². The lowest BCUT2D eigenvalue weighted by atomic mass is 10.0. The molecule has 0 aromatic carbocycles. The summed E-state index contributed by atoms with van der Waals surface area (Å²) < 4.78 is 11.0. The minimum atomic E-state index is 0. The highest BCUT2D eigenvalue weighted by Crippen LogP contribution is 2.14. The molecule has 0 aliphatic carbocycles. The van der Waals surface area contributed by atoms with Crippen molar-refractivity contribution in [1.29, 1.82) is 0 Å². The number of aliphatic imine (C=N–C) groups is 1. The van der Waals surface area contributed by atoms with Gasteiger partial charge in [0.15, 0.2) is 5.96 Å². The molecule has 6 heteroatoms. The number of nitrogens with zero attached hydrogens (tertiary/aromatic N) is 1. The van der Waals surface area contributed by atoms with Crippen molar-refractivity contribution in [3.8, 4) is 0 Å². The zero-order valence-corrected chi connectivity index (χ0v) is 13.7. The molecule has 1 rings (SSSR count). The molecule has 0 saturated carbocycles. The van der Waals surface area contributed by atoms with Crippen LogP contribution in [0.3, 0.4) is 0 Å². The van der Waals surface area contributed by atoms with Crippen LogP contribution in [-0.4, -0.2) is 53.0 Å². The summed E-state index contributed by atoms with van der Waals surface area (Å²) in [5.41, 5.74) is 0. The van der Waals surface area contributed by atoms with Gasteiger partial charge in [0.05, 0.1) is 0 Å². The van der Waals surface area contributed by atoms with Gasteiger partial charge in [-0.15, -0.1) is 24.0 Å². The fraction of sp³-hybridized carbons (Fsp3) is 0.917. The summed E-state index contributed by atoms with van der Waals surface area (Å²) in [6.07, 6.45) is 3.29. The maximum atomic E-state index is 5.67. The first-order chi connectivity index (χ1) is 8.36. The van der Waals surface area contributed by atoms with Crippen LogP contribution in [0.25, 0.3) is 0 Å². The third-order valence-electron chi connectivity index (χ3n) is 2.91. The van der Waals surface area contributed by atoms with Crippen LogP contribution in [0.5, 0.6) is 0 Å². The van der Waals surface area contributed by atoms with Gasteiger partial charge in [-0.1, -0.05) is 0 Å². The Kier molecular flexibility index (Phi) is 11.9. The normalized spacial score (nSPS) is 17.1. The summed E-state index contributed by atoms with van der Waals surface area (Å²) >= 11 is 0. The molecule has 1 heterocycles. The second-order valence-electron chi connectivity index (χ2n) is 4.23. The third kappa shape index (κ3) is 8.10. The van der Waals surface area contributed by atoms with Crippen molar-refractivity contribution in [2.75, 3.05) is 47.1 Å². The number of halogens is 1. The van der Waals surface area contributed by atoms with Crippen LogP contribution in [0.15, 0.2) is 4.99 Å². The summed E-state index contributed by atoms with van der Waals surface area (Å²) in [4.78, 5) is 4.04. The Hall–Kier alpha value is -0.0800. The molecule has 0 spiro atoms. The van der Waals surface area contributed by atoms with Gasteiger partial charge in [0.25, 0.3) is 0 Å². The molecule has 1 fully saturated rings. The molecule has 0 atom stereocenters. The zero-order chi connectivity index (χ0) is 12.3. The van der Waals surface area contributed by atoms with E-state index in [0.717, 1.165) is 58.2 Å². The zero-order valence-electron chi connectivity index (χ0n) is 11.4. The van der Waals surface area contributed by atoms with Crippen LogP contribution in [0, 0.1) is 5.92 Å². The third-order valence-corrected chi connectivity index (χ3v) is 2.91. The molecular formula is C12H26IN3O2. The number of rotatable bonds is 6. The Bertz CT molecular complexity index is 221. The molecule has 1 aliphatic heterocycles. The first kappa shape index (κ1) is 17.9. The molecule has 0 unspecified atom stereocenters. The monoisotopic (exact) mass is 371 g/mol. The number of nitrogens with one attached hydrogen (secondary N) is 2. The van der Waals surface area contributed by atoms with Crippen molar-refractivity contribution in [3.63, 3.8) is 0 Å². The van der Waals surface area contributed by atoms with Gasteiger partial charge in [-0.25, -0.2) is 0 Å². The standard InChI is InChI=1S/C12H25N3O2.HI/c1-13-12(14-2)15-6-3-7-17-10-11-4-8-16-9-5-11;/h11H,3-10H2,1-2H3,(H2,13,14,15);1H. The van der Waals surface area contributed by atoms with E-state index in [0.29, 0.717) is 5.92 Å². The predicted octanol–water partition coefficient (Wildman–Crippen LogP) is 1.23. The lowest BCUT2D eigenvalue weighted by Gasteiger charge is -2.21. The van der Waals surface area contributed by atoms with Crippen LogP contribution in [0.4, 0.5) is 0 Å². The van der Waals surface area contributed by atoms with Crippen LogP contribution in [0.1, 0.15) is 19.3 Å². The minimum Gasteiger partial charge on any atom is -0.381 e. The number of hydrogen-bond donors (Lipinski definition) is 2. The predicted molar refractivity (Wildman–Crippen MR) is 84.8 cm³/mol. The van der Waals surface area contributed by atoms with Gasteiger partial charge < -0.3 is 20.1 Å². The van der Waals surface area contributed by atoms with Gasteiger partial charge in [-0.2, -0.15) is 0 Å². The van der Waals surface area contributed by atoms with Gasteiger partial charge in [0.2, 0.25) is 0 Å². The number of ether oxygens (including phenoxy) is 2. The van der Waals surface area contributed by atoms with Gasteiger partial charge in [0.1, 0.15) is 0 Å². The smallest absolute Gasteiger partial charge is 0.190 e. The largest absolute Gasteiger partial charge is 0.381 e. The Morgan fingerprint density at radius 1 is 1.39 bits per heavy atom. The molecule has 5 nitrogen and oxygen atoms in total. The van der Waals surface area contributed by atoms with Crippen molar-refractivity contribution in [1.82, 2.24) is 10.6 Å². The van der Waals surface area contributed by atoms with Crippen molar-refractivity contribution in [3.05, 3.63) is 0 Å². The highest BCUT2D eigenvalue weighted by Gasteiger charge is 2.13. The van der Waals surface area contributed by atoms with E-state index < -0.39 is 0 Å². The Morgan fingerprint density at radius 3 is 2.72 bits per heavy atom. The van der Waals surface area contributed by atoms with Gasteiger partial charge in [0, 0.05) is 47.1 Å². The number of hydrogen-bond acceptors (Lipinski definition) is 3. The lowest BCUT2D eigenvalue weighted by Crippen LogP contribution is -2.35. The second-order valence-corrected chi connectivity index (χ2v) is 4.23. The van der Waals surface area contributed by atoms with E-state index in [4.69, 9.17) is 9.47 Å². The topological polar surface area (TPSA) is 54.9 Å². The Morgan fingerprint density at radius 2 is 2.11 bits per heavy atom. The Labute approximate surface area is 127 Å². The average Bonchev–Trinajstić information content (AvgIpc) is 2.39. The van der Waals surface area contributed by atoms with E-state index in [1.54, 1.807) is 7.05 Å². The minimum absolute atomic E-state index is 0. The second kappa shape index (κ2) is 12.0. The van der Waals surface area contributed by atoms with Crippen LogP contribution < -0.4 is 10.6 Å². The summed E-state index contributed by atoms with van der Waals surface area (Å²) in [7, 11) is 3.62. The summed E-state index contributed by atoms with van der Waals surface area (Å²) in [6, 6.07) is 0. The van der Waals surface area contributed by atoms with E-state index in [-0.39, 0.29) is 24.0 Å². The van der Waals surface area contributed by atoms with Crippen LogP contribution >= 0.6 is 24.0 Å². The van der Waals surface area contributed by atoms with Gasteiger partial charge >= 0.3 is 0 Å². The molecule has 0 bridgehead atoms. The molecule has 108 valence electrons. The van der Waals surface area contributed by atoms with E-state index in [2.05, 4.69) is 15.6 Å². The molecule has 0 aromatic rings. The van der Waals surface area contributed by atoms with Crippen molar-refractivity contribution >= 4 is 29.9 Å². The number of guanidine groups is 1. The summed E-state index contributed by atoms with van der Waals surface area (Å²) in [6.45, 7) is 4.37. The Balaban J connectivity index is 0.00000289. The van der Waals surface area contributed by atoms with Crippen molar-refractivity contribution in [2.45, 2.75) is 19.3 Å².